The normalized spacial score (nSPS) is 20.8. The van der Waals surface area contributed by atoms with E-state index in [1.54, 1.807) is 7.11 Å². The summed E-state index contributed by atoms with van der Waals surface area (Å²) in [5.41, 5.74) is 15.3. The summed E-state index contributed by atoms with van der Waals surface area (Å²) in [4.78, 5) is 21.2. The van der Waals surface area contributed by atoms with Crippen molar-refractivity contribution in [3.8, 4) is 5.75 Å². The van der Waals surface area contributed by atoms with Crippen LogP contribution in [0, 0.1) is 6.92 Å². The van der Waals surface area contributed by atoms with Gasteiger partial charge in [-0.3, -0.25) is 4.79 Å². The molecule has 1 saturated heterocycles. The van der Waals surface area contributed by atoms with Crippen molar-refractivity contribution in [1.29, 1.82) is 0 Å². The Balaban J connectivity index is 0.00000380. The molecular weight excluding hydrogens is 511 g/mol. The Kier molecular flexibility index (Phi) is 9.23. The first-order valence-electron chi connectivity index (χ1n) is 12.1. The molecule has 8 nitrogen and oxygen atoms in total. The lowest BCUT2D eigenvalue weighted by molar-refractivity contribution is -0.898. The number of carbonyl (C=O) groups excluding carboxylic acids is 1. The van der Waals surface area contributed by atoms with E-state index in [1.165, 1.54) is 16.7 Å². The zero-order chi connectivity index (χ0) is 25.9. The molecule has 1 amide bonds. The standard InChI is InChI=1S/C27H33ClN6O2.ClH/c1-17-6-10-19(11-7-17)21-15-34(2,14-4-5-18-8-12-20(36-3)13-9-18)16-22(21)31-27(35)23-25(29)33-26(30)24(28)32-23;/h6-13,21-22H,4-5,14-16H2,1-3H3,(H4-,29,30,31,33,35);1H/t21?,22?,34-;/m1./s1. The van der Waals surface area contributed by atoms with Gasteiger partial charge in [0.2, 0.25) is 0 Å². The van der Waals surface area contributed by atoms with Gasteiger partial charge in [-0.25, -0.2) is 9.97 Å². The Morgan fingerprint density at radius 2 is 1.76 bits per heavy atom. The van der Waals surface area contributed by atoms with Gasteiger partial charge in [0.1, 0.15) is 5.75 Å². The van der Waals surface area contributed by atoms with E-state index in [4.69, 9.17) is 27.8 Å². The summed E-state index contributed by atoms with van der Waals surface area (Å²) in [5, 5.41) is 3.14. The van der Waals surface area contributed by atoms with Gasteiger partial charge >= 0.3 is 0 Å². The third-order valence-electron chi connectivity index (χ3n) is 7.03. The number of hydrogen-bond acceptors (Lipinski definition) is 6. The second-order valence-corrected chi connectivity index (χ2v) is 10.2. The molecule has 5 N–H and O–H groups in total. The van der Waals surface area contributed by atoms with E-state index in [1.807, 2.05) is 12.1 Å². The van der Waals surface area contributed by atoms with Gasteiger partial charge in [-0.05, 0) is 36.6 Å². The number of aromatic nitrogens is 2. The average Bonchev–Trinajstić information content (AvgIpc) is 3.18. The van der Waals surface area contributed by atoms with Crippen molar-refractivity contribution >= 4 is 29.1 Å². The minimum atomic E-state index is -0.393. The summed E-state index contributed by atoms with van der Waals surface area (Å²) >= 11 is 6.01. The molecule has 1 aliphatic heterocycles. The number of carbonyl (C=O) groups is 1. The third-order valence-corrected chi connectivity index (χ3v) is 7.30. The number of nitrogen functional groups attached to an aromatic ring is 2. The number of ether oxygens (including phenoxy) is 1. The monoisotopic (exact) mass is 544 g/mol. The third kappa shape index (κ3) is 6.83. The van der Waals surface area contributed by atoms with E-state index < -0.39 is 5.91 Å². The number of likely N-dealkylation sites (tertiary alicyclic amines) is 1. The van der Waals surface area contributed by atoms with Crippen LogP contribution in [0.4, 0.5) is 11.6 Å². The maximum atomic E-state index is 13.2. The second kappa shape index (κ2) is 12.0. The van der Waals surface area contributed by atoms with Gasteiger partial charge in [-0.1, -0.05) is 53.6 Å². The number of hydrogen-bond donors (Lipinski definition) is 3. The first kappa shape index (κ1) is 28.5. The minimum absolute atomic E-state index is 0. The first-order chi connectivity index (χ1) is 17.2. The molecule has 0 spiro atoms. The molecular formula is C27H34Cl2N6O2. The average molecular weight is 546 g/mol. The van der Waals surface area contributed by atoms with Crippen LogP contribution in [0.25, 0.3) is 0 Å². The fourth-order valence-electron chi connectivity index (χ4n) is 5.06. The van der Waals surface area contributed by atoms with Gasteiger partial charge in [0.15, 0.2) is 22.5 Å². The molecule has 2 unspecified atom stereocenters. The number of halogens is 2. The summed E-state index contributed by atoms with van der Waals surface area (Å²) < 4.78 is 6.11. The van der Waals surface area contributed by atoms with Crippen molar-refractivity contribution in [3.05, 3.63) is 76.1 Å². The summed E-state index contributed by atoms with van der Waals surface area (Å²) in [6.45, 7) is 4.78. The lowest BCUT2D eigenvalue weighted by atomic mass is 9.93. The number of anilines is 2. The SMILES string of the molecule is COc1ccc(CCC[N@@+]2(C)CC(NC(=O)c3nc(Cl)c(N)nc3N)C(c3ccc(C)cc3)C2)cc1.[Cl-]. The van der Waals surface area contributed by atoms with E-state index in [-0.39, 0.29) is 46.8 Å². The van der Waals surface area contributed by atoms with Crippen LogP contribution in [-0.4, -0.2) is 60.2 Å². The highest BCUT2D eigenvalue weighted by atomic mass is 35.5. The molecule has 198 valence electrons. The molecule has 0 aliphatic carbocycles. The van der Waals surface area contributed by atoms with Gasteiger partial charge < -0.3 is 38.4 Å². The quantitative estimate of drug-likeness (QED) is 0.357. The smallest absolute Gasteiger partial charge is 0.274 e. The lowest BCUT2D eigenvalue weighted by Crippen LogP contribution is -3.00. The Bertz CT molecular complexity index is 1220. The van der Waals surface area contributed by atoms with Gasteiger partial charge in [0.25, 0.3) is 5.91 Å². The molecule has 3 aromatic rings. The zero-order valence-electron chi connectivity index (χ0n) is 21.4. The van der Waals surface area contributed by atoms with Crippen LogP contribution in [0.1, 0.15) is 39.5 Å². The van der Waals surface area contributed by atoms with Gasteiger partial charge in [0.05, 0.1) is 45.8 Å². The van der Waals surface area contributed by atoms with Crippen LogP contribution in [0.2, 0.25) is 5.15 Å². The largest absolute Gasteiger partial charge is 1.00 e. The summed E-state index contributed by atoms with van der Waals surface area (Å²) in [5.74, 6) is 0.598. The number of aryl methyl sites for hydroxylation is 2. The number of amides is 1. The molecule has 3 atom stereocenters. The van der Waals surface area contributed by atoms with Gasteiger partial charge in [0, 0.05) is 6.42 Å². The number of nitrogens with zero attached hydrogens (tertiary/aromatic N) is 3. The molecule has 1 aliphatic rings. The molecule has 10 heteroatoms. The van der Waals surface area contributed by atoms with Crippen LogP contribution in [0.5, 0.6) is 5.75 Å². The highest BCUT2D eigenvalue weighted by Gasteiger charge is 2.44. The van der Waals surface area contributed by atoms with Crippen molar-refractivity contribution in [2.75, 3.05) is 45.3 Å². The van der Waals surface area contributed by atoms with Crippen LogP contribution in [0.15, 0.2) is 48.5 Å². The van der Waals surface area contributed by atoms with Crippen molar-refractivity contribution in [1.82, 2.24) is 15.3 Å². The molecule has 2 heterocycles. The Morgan fingerprint density at radius 1 is 1.08 bits per heavy atom. The fourth-order valence-corrected chi connectivity index (χ4v) is 5.19. The van der Waals surface area contributed by atoms with E-state index in [0.29, 0.717) is 0 Å². The Morgan fingerprint density at radius 3 is 2.41 bits per heavy atom. The zero-order valence-corrected chi connectivity index (χ0v) is 22.9. The van der Waals surface area contributed by atoms with E-state index in [0.717, 1.165) is 42.7 Å². The van der Waals surface area contributed by atoms with Crippen LogP contribution >= 0.6 is 11.6 Å². The predicted molar refractivity (Wildman–Crippen MR) is 143 cm³/mol. The maximum Gasteiger partial charge on any atom is 0.274 e. The molecule has 0 bridgehead atoms. The minimum Gasteiger partial charge on any atom is -1.00 e. The van der Waals surface area contributed by atoms with Crippen molar-refractivity contribution in [2.45, 2.75) is 31.7 Å². The highest BCUT2D eigenvalue weighted by molar-refractivity contribution is 6.31. The topological polar surface area (TPSA) is 116 Å². The number of rotatable bonds is 8. The maximum absolute atomic E-state index is 13.2. The molecule has 2 aromatic carbocycles. The van der Waals surface area contributed by atoms with Crippen LogP contribution < -0.4 is 33.9 Å². The fraction of sp³-hybridized carbons (Fsp3) is 0.370. The van der Waals surface area contributed by atoms with E-state index in [2.05, 4.69) is 65.7 Å². The summed E-state index contributed by atoms with van der Waals surface area (Å²) in [7, 11) is 3.94. The molecule has 37 heavy (non-hydrogen) atoms. The number of quaternary nitrogens is 1. The highest BCUT2D eigenvalue weighted by Crippen LogP contribution is 2.33. The Hall–Kier alpha value is -3.07. The molecule has 0 radical (unpaired) electrons. The lowest BCUT2D eigenvalue weighted by Gasteiger charge is -2.30. The molecule has 1 aromatic heterocycles. The van der Waals surface area contributed by atoms with Crippen LogP contribution in [0.3, 0.4) is 0 Å². The Labute approximate surface area is 229 Å². The van der Waals surface area contributed by atoms with Gasteiger partial charge in [-0.2, -0.15) is 0 Å². The van der Waals surface area contributed by atoms with Crippen molar-refractivity contribution in [3.63, 3.8) is 0 Å². The van der Waals surface area contributed by atoms with E-state index in [9.17, 15) is 4.79 Å². The molecule has 1 fully saturated rings. The number of nitrogens with one attached hydrogen (secondary N) is 1. The van der Waals surface area contributed by atoms with Gasteiger partial charge in [-0.15, -0.1) is 0 Å². The number of nitrogens with two attached hydrogens (primary N) is 2. The van der Waals surface area contributed by atoms with Crippen molar-refractivity contribution < 1.29 is 26.4 Å². The molecule has 4 rings (SSSR count). The summed E-state index contributed by atoms with van der Waals surface area (Å²) in [6.07, 6.45) is 2.02. The summed E-state index contributed by atoms with van der Waals surface area (Å²) in [6, 6.07) is 16.7. The number of likely N-dealkylation sites (N-methyl/N-ethyl adjacent to an activating group) is 1. The number of methoxy groups -OCH3 is 1. The first-order valence-corrected chi connectivity index (χ1v) is 12.5. The van der Waals surface area contributed by atoms with Crippen LogP contribution in [-0.2, 0) is 6.42 Å². The molecule has 0 saturated carbocycles. The number of benzene rings is 2. The van der Waals surface area contributed by atoms with E-state index >= 15 is 0 Å². The van der Waals surface area contributed by atoms with Crippen molar-refractivity contribution in [2.24, 2.45) is 0 Å². The second-order valence-electron chi connectivity index (χ2n) is 9.89. The predicted octanol–water partition coefficient (Wildman–Crippen LogP) is 0.591.